The van der Waals surface area contributed by atoms with Crippen molar-refractivity contribution in [2.24, 2.45) is 0 Å². The molecule has 0 aliphatic carbocycles. The van der Waals surface area contributed by atoms with Gasteiger partial charge >= 0.3 is 5.69 Å². The van der Waals surface area contributed by atoms with Crippen LogP contribution in [0, 0.1) is 0 Å². The average Bonchev–Trinajstić information content (AvgIpc) is 2.41. The van der Waals surface area contributed by atoms with Crippen LogP contribution in [0.1, 0.15) is 20.1 Å². The van der Waals surface area contributed by atoms with Crippen LogP contribution in [0.3, 0.4) is 0 Å². The molecule has 1 unspecified atom stereocenters. The summed E-state index contributed by atoms with van der Waals surface area (Å²) in [5.41, 5.74) is -0.976. The first-order chi connectivity index (χ1) is 9.19. The largest absolute Gasteiger partial charge is 0.382 e. The van der Waals surface area contributed by atoms with Gasteiger partial charge in [-0.2, -0.15) is 0 Å². The molecule has 1 rings (SSSR count). The van der Waals surface area contributed by atoms with E-state index in [1.54, 1.807) is 7.11 Å². The SMILES string of the molecule is CC.COCCOC(COC)n1ccc(=O)[nH]c1=O. The number of methoxy groups -OCH3 is 2. The Morgan fingerprint density at radius 1 is 1.21 bits per heavy atom. The Balaban J connectivity index is 0.00000154. The fourth-order valence-electron chi connectivity index (χ4n) is 1.27. The minimum absolute atomic E-state index is 0.204. The van der Waals surface area contributed by atoms with Crippen molar-refractivity contribution in [1.29, 1.82) is 0 Å². The lowest BCUT2D eigenvalue weighted by Gasteiger charge is -2.18. The topological polar surface area (TPSA) is 82.6 Å². The molecule has 0 fully saturated rings. The summed E-state index contributed by atoms with van der Waals surface area (Å²) in [6, 6.07) is 1.25. The van der Waals surface area contributed by atoms with Crippen LogP contribution in [-0.4, -0.2) is 43.6 Å². The molecule has 7 heteroatoms. The molecule has 0 amide bonds. The number of hydrogen-bond acceptors (Lipinski definition) is 5. The average molecular weight is 274 g/mol. The molecule has 0 saturated heterocycles. The number of hydrogen-bond donors (Lipinski definition) is 1. The molecule has 0 aliphatic heterocycles. The molecule has 0 spiro atoms. The number of H-pyrrole nitrogens is 1. The summed E-state index contributed by atoms with van der Waals surface area (Å²) in [5.74, 6) is 0. The second kappa shape index (κ2) is 10.5. The fraction of sp³-hybridized carbons (Fsp3) is 0.667. The molecule has 1 N–H and O–H groups in total. The third-order valence-electron chi connectivity index (χ3n) is 2.07. The molecule has 1 aromatic heterocycles. The predicted molar refractivity (Wildman–Crippen MR) is 71.4 cm³/mol. The number of aromatic nitrogens is 2. The van der Waals surface area contributed by atoms with Crippen molar-refractivity contribution in [2.75, 3.05) is 34.0 Å². The third kappa shape index (κ3) is 6.32. The van der Waals surface area contributed by atoms with Crippen LogP contribution < -0.4 is 11.2 Å². The molecular weight excluding hydrogens is 252 g/mol. The Morgan fingerprint density at radius 3 is 2.42 bits per heavy atom. The van der Waals surface area contributed by atoms with Gasteiger partial charge in [0.25, 0.3) is 5.56 Å². The standard InChI is InChI=1S/C10H16N2O5.C2H6/c1-15-5-6-17-9(7-16-2)12-4-3-8(13)11-10(12)14;1-2/h3-4,9H,5-7H2,1-2H3,(H,11,13,14);1-2H3. The van der Waals surface area contributed by atoms with E-state index in [0.29, 0.717) is 13.2 Å². The Morgan fingerprint density at radius 2 is 1.89 bits per heavy atom. The molecule has 0 saturated carbocycles. The van der Waals surface area contributed by atoms with E-state index in [1.807, 2.05) is 13.8 Å². The molecule has 1 atom stereocenters. The van der Waals surface area contributed by atoms with Gasteiger partial charge in [-0.15, -0.1) is 0 Å². The van der Waals surface area contributed by atoms with E-state index in [1.165, 1.54) is 23.9 Å². The lowest BCUT2D eigenvalue weighted by molar-refractivity contribution is -0.0631. The van der Waals surface area contributed by atoms with E-state index in [2.05, 4.69) is 4.98 Å². The van der Waals surface area contributed by atoms with Crippen LogP contribution in [0.5, 0.6) is 0 Å². The maximum Gasteiger partial charge on any atom is 0.330 e. The van der Waals surface area contributed by atoms with Gasteiger partial charge in [0, 0.05) is 26.5 Å². The Labute approximate surface area is 112 Å². The zero-order valence-corrected chi connectivity index (χ0v) is 11.8. The smallest absolute Gasteiger partial charge is 0.330 e. The van der Waals surface area contributed by atoms with Gasteiger partial charge < -0.3 is 14.2 Å². The van der Waals surface area contributed by atoms with Gasteiger partial charge in [-0.05, 0) is 0 Å². The van der Waals surface area contributed by atoms with Gasteiger partial charge in [-0.3, -0.25) is 14.3 Å². The lowest BCUT2D eigenvalue weighted by Crippen LogP contribution is -2.34. The van der Waals surface area contributed by atoms with E-state index in [-0.39, 0.29) is 6.61 Å². The van der Waals surface area contributed by atoms with Gasteiger partial charge in [0.2, 0.25) is 0 Å². The molecule has 0 radical (unpaired) electrons. The molecule has 0 aliphatic rings. The first kappa shape index (κ1) is 17.6. The molecule has 110 valence electrons. The lowest BCUT2D eigenvalue weighted by atomic mass is 10.5. The van der Waals surface area contributed by atoms with Gasteiger partial charge in [0.1, 0.15) is 0 Å². The van der Waals surface area contributed by atoms with Gasteiger partial charge in [-0.1, -0.05) is 13.8 Å². The zero-order chi connectivity index (χ0) is 14.7. The van der Waals surface area contributed by atoms with E-state index >= 15 is 0 Å². The summed E-state index contributed by atoms with van der Waals surface area (Å²) in [6.45, 7) is 4.95. The van der Waals surface area contributed by atoms with Crippen LogP contribution in [0.25, 0.3) is 0 Å². The highest BCUT2D eigenvalue weighted by Crippen LogP contribution is 2.04. The summed E-state index contributed by atoms with van der Waals surface area (Å²) in [7, 11) is 3.06. The molecule has 0 bridgehead atoms. The van der Waals surface area contributed by atoms with Gasteiger partial charge in [-0.25, -0.2) is 4.79 Å². The van der Waals surface area contributed by atoms with E-state index < -0.39 is 17.5 Å². The highest BCUT2D eigenvalue weighted by Gasteiger charge is 2.12. The highest BCUT2D eigenvalue weighted by atomic mass is 16.6. The normalized spacial score (nSPS) is 11.6. The Kier molecular flexibility index (Phi) is 9.69. The molecular formula is C12H22N2O5. The van der Waals surface area contributed by atoms with Crippen molar-refractivity contribution < 1.29 is 14.2 Å². The minimum atomic E-state index is -0.584. The van der Waals surface area contributed by atoms with Crippen molar-refractivity contribution in [3.05, 3.63) is 33.1 Å². The summed E-state index contributed by atoms with van der Waals surface area (Å²) in [4.78, 5) is 24.6. The van der Waals surface area contributed by atoms with Crippen LogP contribution in [0.4, 0.5) is 0 Å². The molecule has 1 aromatic rings. The van der Waals surface area contributed by atoms with Crippen molar-refractivity contribution in [3.8, 4) is 0 Å². The number of aromatic amines is 1. The molecule has 7 nitrogen and oxygen atoms in total. The van der Waals surface area contributed by atoms with E-state index in [4.69, 9.17) is 14.2 Å². The summed E-state index contributed by atoms with van der Waals surface area (Å²) in [6.07, 6.45) is 0.789. The third-order valence-corrected chi connectivity index (χ3v) is 2.07. The number of ether oxygens (including phenoxy) is 3. The second-order valence-electron chi connectivity index (χ2n) is 3.29. The van der Waals surface area contributed by atoms with E-state index in [9.17, 15) is 9.59 Å². The van der Waals surface area contributed by atoms with Crippen LogP contribution >= 0.6 is 0 Å². The Bertz CT molecular complexity index is 440. The number of nitrogens with zero attached hydrogens (tertiary/aromatic N) is 1. The van der Waals surface area contributed by atoms with Crippen molar-refractivity contribution in [1.82, 2.24) is 9.55 Å². The monoisotopic (exact) mass is 274 g/mol. The van der Waals surface area contributed by atoms with Crippen molar-refractivity contribution in [2.45, 2.75) is 20.1 Å². The summed E-state index contributed by atoms with van der Waals surface area (Å²) < 4.78 is 16.5. The van der Waals surface area contributed by atoms with Crippen LogP contribution in [0.2, 0.25) is 0 Å². The summed E-state index contributed by atoms with van der Waals surface area (Å²) >= 11 is 0. The number of nitrogens with one attached hydrogen (secondary N) is 1. The van der Waals surface area contributed by atoms with Gasteiger partial charge in [0.05, 0.1) is 19.8 Å². The van der Waals surface area contributed by atoms with Crippen molar-refractivity contribution >= 4 is 0 Å². The Hall–Kier alpha value is -1.44. The van der Waals surface area contributed by atoms with Crippen LogP contribution in [0.15, 0.2) is 21.9 Å². The second-order valence-corrected chi connectivity index (χ2v) is 3.29. The fourth-order valence-corrected chi connectivity index (χ4v) is 1.27. The minimum Gasteiger partial charge on any atom is -0.382 e. The first-order valence-electron chi connectivity index (χ1n) is 6.10. The number of rotatable bonds is 7. The van der Waals surface area contributed by atoms with Crippen molar-refractivity contribution in [3.63, 3.8) is 0 Å². The van der Waals surface area contributed by atoms with Crippen LogP contribution in [-0.2, 0) is 14.2 Å². The predicted octanol–water partition coefficient (Wildman–Crippen LogP) is 0.371. The molecule has 0 aromatic carbocycles. The zero-order valence-electron chi connectivity index (χ0n) is 11.8. The highest BCUT2D eigenvalue weighted by molar-refractivity contribution is 4.84. The maximum absolute atomic E-state index is 11.5. The van der Waals surface area contributed by atoms with Gasteiger partial charge in [0.15, 0.2) is 6.23 Å². The quantitative estimate of drug-likeness (QED) is 0.726. The maximum atomic E-state index is 11.5. The summed E-state index contributed by atoms with van der Waals surface area (Å²) in [5, 5.41) is 0. The molecule has 19 heavy (non-hydrogen) atoms. The molecule has 1 heterocycles. The first-order valence-corrected chi connectivity index (χ1v) is 6.10. The van der Waals surface area contributed by atoms with E-state index in [0.717, 1.165) is 0 Å².